The van der Waals surface area contributed by atoms with Crippen LogP contribution in [0.4, 0.5) is 5.82 Å². The number of amides is 1. The number of hydrogen-bond acceptors (Lipinski definition) is 5. The van der Waals surface area contributed by atoms with E-state index < -0.39 is 11.5 Å². The van der Waals surface area contributed by atoms with Gasteiger partial charge in [-0.1, -0.05) is 6.92 Å². The van der Waals surface area contributed by atoms with E-state index in [0.717, 1.165) is 18.7 Å². The Kier molecular flexibility index (Phi) is 4.45. The van der Waals surface area contributed by atoms with E-state index in [4.69, 9.17) is 4.74 Å². The van der Waals surface area contributed by atoms with Gasteiger partial charge in [0.05, 0.1) is 12.7 Å². The molecular formula is C15H21N3O3. The second-order valence-corrected chi connectivity index (χ2v) is 5.48. The molecule has 0 radical (unpaired) electrons. The Morgan fingerprint density at radius 1 is 1.43 bits per heavy atom. The van der Waals surface area contributed by atoms with Crippen molar-refractivity contribution in [1.29, 1.82) is 0 Å². The number of esters is 1. The van der Waals surface area contributed by atoms with Gasteiger partial charge in [0.15, 0.2) is 0 Å². The number of aromatic nitrogens is 1. The summed E-state index contributed by atoms with van der Waals surface area (Å²) in [5.41, 5.74) is -0.614. The minimum atomic E-state index is -1.03. The smallest absolute Gasteiger partial charge is 0.331 e. The van der Waals surface area contributed by atoms with Crippen molar-refractivity contribution in [2.24, 2.45) is 0 Å². The van der Waals surface area contributed by atoms with E-state index in [9.17, 15) is 9.59 Å². The fourth-order valence-electron chi connectivity index (χ4n) is 1.88. The fraction of sp³-hybridized carbons (Fsp3) is 0.533. The van der Waals surface area contributed by atoms with Gasteiger partial charge < -0.3 is 15.4 Å². The molecule has 6 nitrogen and oxygen atoms in total. The summed E-state index contributed by atoms with van der Waals surface area (Å²) in [7, 11) is 1.31. The van der Waals surface area contributed by atoms with Crippen molar-refractivity contribution in [3.05, 3.63) is 23.9 Å². The third-order valence-corrected chi connectivity index (χ3v) is 3.69. The number of nitrogens with one attached hydrogen (secondary N) is 2. The van der Waals surface area contributed by atoms with E-state index in [-0.39, 0.29) is 5.91 Å². The average molecular weight is 291 g/mol. The normalized spacial score (nSPS) is 16.7. The molecule has 0 aromatic carbocycles. The number of pyridine rings is 1. The van der Waals surface area contributed by atoms with Gasteiger partial charge in [0.1, 0.15) is 11.4 Å². The fourth-order valence-corrected chi connectivity index (χ4v) is 1.88. The molecule has 2 rings (SSSR count). The first-order valence-electron chi connectivity index (χ1n) is 7.12. The van der Waals surface area contributed by atoms with E-state index in [1.807, 2.05) is 6.92 Å². The van der Waals surface area contributed by atoms with Crippen LogP contribution in [-0.4, -0.2) is 35.6 Å². The third-order valence-electron chi connectivity index (χ3n) is 3.69. The molecule has 114 valence electrons. The molecule has 1 amide bonds. The molecular weight excluding hydrogens is 270 g/mol. The second-order valence-electron chi connectivity index (χ2n) is 5.48. The van der Waals surface area contributed by atoms with Crippen LogP contribution in [-0.2, 0) is 9.53 Å². The Hall–Kier alpha value is -2.11. The number of nitrogens with zero attached hydrogens (tertiary/aromatic N) is 1. The molecule has 1 aromatic heterocycles. The topological polar surface area (TPSA) is 80.3 Å². The zero-order chi connectivity index (χ0) is 15.5. The lowest BCUT2D eigenvalue weighted by atomic mass is 9.98. The summed E-state index contributed by atoms with van der Waals surface area (Å²) in [6.45, 7) is 3.46. The lowest BCUT2D eigenvalue weighted by Crippen LogP contribution is -2.52. The van der Waals surface area contributed by atoms with Gasteiger partial charge in [-0.15, -0.1) is 0 Å². The maximum Gasteiger partial charge on any atom is 0.331 e. The summed E-state index contributed by atoms with van der Waals surface area (Å²) in [6, 6.07) is 3.98. The van der Waals surface area contributed by atoms with Crippen LogP contribution < -0.4 is 10.6 Å². The van der Waals surface area contributed by atoms with E-state index in [2.05, 4.69) is 15.6 Å². The number of hydrogen-bond donors (Lipinski definition) is 2. The van der Waals surface area contributed by atoms with Gasteiger partial charge in [0.2, 0.25) is 0 Å². The quantitative estimate of drug-likeness (QED) is 0.780. The van der Waals surface area contributed by atoms with Crippen LogP contribution in [0.5, 0.6) is 0 Å². The van der Waals surface area contributed by atoms with Crippen LogP contribution in [0.3, 0.4) is 0 Å². The molecule has 1 aliphatic carbocycles. The van der Waals surface area contributed by atoms with Gasteiger partial charge in [0.25, 0.3) is 5.91 Å². The van der Waals surface area contributed by atoms with E-state index in [1.54, 1.807) is 19.1 Å². The molecule has 0 spiro atoms. The van der Waals surface area contributed by atoms with Gasteiger partial charge in [0, 0.05) is 12.2 Å². The average Bonchev–Trinajstić information content (AvgIpc) is 3.30. The Labute approximate surface area is 124 Å². The number of carbonyl (C=O) groups excluding carboxylic acids is 2. The third kappa shape index (κ3) is 3.71. The Morgan fingerprint density at radius 2 is 2.14 bits per heavy atom. The van der Waals surface area contributed by atoms with Gasteiger partial charge in [-0.05, 0) is 38.3 Å². The molecule has 6 heteroatoms. The van der Waals surface area contributed by atoms with Crippen LogP contribution >= 0.6 is 0 Å². The standard InChI is InChI=1S/C15H21N3O3/c1-4-15(2,14(20)21-3)18-13(19)10-5-8-12(16-9-10)17-11-6-7-11/h5,8-9,11H,4,6-7H2,1-3H3,(H,16,17)(H,18,19)/t15-/m0/s1. The number of anilines is 1. The predicted molar refractivity (Wildman–Crippen MR) is 79.1 cm³/mol. The van der Waals surface area contributed by atoms with Crippen LogP contribution in [0, 0.1) is 0 Å². The van der Waals surface area contributed by atoms with Crippen molar-refractivity contribution >= 4 is 17.7 Å². The monoisotopic (exact) mass is 291 g/mol. The van der Waals surface area contributed by atoms with Crippen molar-refractivity contribution in [2.45, 2.75) is 44.7 Å². The van der Waals surface area contributed by atoms with Gasteiger partial charge in [-0.25, -0.2) is 9.78 Å². The first-order valence-corrected chi connectivity index (χ1v) is 7.12. The molecule has 1 aromatic rings. The predicted octanol–water partition coefficient (Wildman–Crippen LogP) is 1.73. The van der Waals surface area contributed by atoms with Crippen molar-refractivity contribution in [3.63, 3.8) is 0 Å². The molecule has 0 aliphatic heterocycles. The highest BCUT2D eigenvalue weighted by atomic mass is 16.5. The molecule has 0 saturated heterocycles. The lowest BCUT2D eigenvalue weighted by Gasteiger charge is -2.26. The molecule has 0 bridgehead atoms. The zero-order valence-corrected chi connectivity index (χ0v) is 12.6. The largest absolute Gasteiger partial charge is 0.467 e. The summed E-state index contributed by atoms with van der Waals surface area (Å²) in [5.74, 6) is -0.0335. The molecule has 1 saturated carbocycles. The highest BCUT2D eigenvalue weighted by Gasteiger charge is 2.34. The van der Waals surface area contributed by atoms with Crippen LogP contribution in [0.1, 0.15) is 43.5 Å². The molecule has 1 aliphatic rings. The summed E-state index contributed by atoms with van der Waals surface area (Å²) in [5, 5.41) is 5.96. The van der Waals surface area contributed by atoms with Crippen molar-refractivity contribution in [2.75, 3.05) is 12.4 Å². The van der Waals surface area contributed by atoms with Crippen LogP contribution in [0.2, 0.25) is 0 Å². The summed E-state index contributed by atoms with van der Waals surface area (Å²) in [4.78, 5) is 28.2. The minimum absolute atomic E-state index is 0.338. The zero-order valence-electron chi connectivity index (χ0n) is 12.6. The van der Waals surface area contributed by atoms with E-state index in [0.29, 0.717) is 18.0 Å². The van der Waals surface area contributed by atoms with Crippen molar-refractivity contribution in [1.82, 2.24) is 10.3 Å². The molecule has 2 N–H and O–H groups in total. The summed E-state index contributed by atoms with van der Waals surface area (Å²) < 4.78 is 4.73. The SMILES string of the molecule is CC[C@](C)(NC(=O)c1ccc(NC2CC2)nc1)C(=O)OC. The van der Waals surface area contributed by atoms with Crippen molar-refractivity contribution < 1.29 is 14.3 Å². The number of carbonyl (C=O) groups is 2. The lowest BCUT2D eigenvalue weighted by molar-refractivity contribution is -0.147. The Bertz CT molecular complexity index is 525. The van der Waals surface area contributed by atoms with Crippen molar-refractivity contribution in [3.8, 4) is 0 Å². The van der Waals surface area contributed by atoms with Crippen LogP contribution in [0.25, 0.3) is 0 Å². The molecule has 1 heterocycles. The highest BCUT2D eigenvalue weighted by molar-refractivity contribution is 5.97. The molecule has 21 heavy (non-hydrogen) atoms. The number of rotatable bonds is 6. The number of methoxy groups -OCH3 is 1. The van der Waals surface area contributed by atoms with Gasteiger partial charge in [-0.2, -0.15) is 0 Å². The first kappa shape index (κ1) is 15.3. The maximum atomic E-state index is 12.2. The van der Waals surface area contributed by atoms with Gasteiger partial charge in [-0.3, -0.25) is 4.79 Å². The first-order chi connectivity index (χ1) is 9.98. The molecule has 1 fully saturated rings. The summed E-state index contributed by atoms with van der Waals surface area (Å²) in [6.07, 6.45) is 4.28. The van der Waals surface area contributed by atoms with E-state index in [1.165, 1.54) is 13.3 Å². The van der Waals surface area contributed by atoms with Gasteiger partial charge >= 0.3 is 5.97 Å². The molecule has 1 atom stereocenters. The number of ether oxygens (including phenoxy) is 1. The molecule has 0 unspecified atom stereocenters. The Morgan fingerprint density at radius 3 is 2.62 bits per heavy atom. The highest BCUT2D eigenvalue weighted by Crippen LogP contribution is 2.23. The summed E-state index contributed by atoms with van der Waals surface area (Å²) >= 11 is 0. The van der Waals surface area contributed by atoms with E-state index >= 15 is 0 Å². The Balaban J connectivity index is 2.03. The van der Waals surface area contributed by atoms with Crippen LogP contribution in [0.15, 0.2) is 18.3 Å². The maximum absolute atomic E-state index is 12.2. The minimum Gasteiger partial charge on any atom is -0.467 e. The second kappa shape index (κ2) is 6.11.